The fourth-order valence-corrected chi connectivity index (χ4v) is 3.21. The first kappa shape index (κ1) is 16.0. The van der Waals surface area contributed by atoms with Crippen LogP contribution in [0.25, 0.3) is 0 Å². The molecule has 0 amide bonds. The molecule has 5 nitrogen and oxygen atoms in total. The average molecular weight is 295 g/mol. The standard InChI is InChI=1S/C16H25NO4/c1-5-10(3)16(19)20-12-7-11-8-14(21-15(18)6-2)13(9-12)17(11)4/h5,11-14H,6-9H2,1-4H3. The van der Waals surface area contributed by atoms with E-state index in [1.165, 1.54) is 0 Å². The summed E-state index contributed by atoms with van der Waals surface area (Å²) in [5.41, 5.74) is 0.634. The molecule has 2 heterocycles. The molecule has 2 rings (SSSR count). The topological polar surface area (TPSA) is 55.8 Å². The van der Waals surface area contributed by atoms with Crippen LogP contribution in [0, 0.1) is 0 Å². The maximum Gasteiger partial charge on any atom is 0.333 e. The third kappa shape index (κ3) is 3.46. The molecule has 2 aliphatic rings. The van der Waals surface area contributed by atoms with Crippen LogP contribution in [0.3, 0.4) is 0 Å². The summed E-state index contributed by atoms with van der Waals surface area (Å²) < 4.78 is 11.1. The molecule has 0 aromatic carbocycles. The molecular formula is C16H25NO4. The molecule has 2 bridgehead atoms. The Hall–Kier alpha value is -1.36. The van der Waals surface area contributed by atoms with Crippen LogP contribution < -0.4 is 0 Å². The summed E-state index contributed by atoms with van der Waals surface area (Å²) in [6, 6.07) is 0.477. The van der Waals surface area contributed by atoms with Crippen molar-refractivity contribution < 1.29 is 19.1 Å². The van der Waals surface area contributed by atoms with Crippen LogP contribution in [0.4, 0.5) is 0 Å². The van der Waals surface area contributed by atoms with E-state index in [4.69, 9.17) is 9.47 Å². The number of fused-ring (bicyclic) bond motifs is 2. The smallest absolute Gasteiger partial charge is 0.333 e. The average Bonchev–Trinajstić information content (AvgIpc) is 2.64. The first-order chi connectivity index (χ1) is 9.96. The molecule has 0 saturated carbocycles. The summed E-state index contributed by atoms with van der Waals surface area (Å²) in [7, 11) is 2.06. The molecule has 0 spiro atoms. The first-order valence-electron chi connectivity index (χ1n) is 7.71. The van der Waals surface area contributed by atoms with E-state index < -0.39 is 0 Å². The molecule has 0 N–H and O–H groups in total. The molecule has 2 aliphatic heterocycles. The van der Waals surface area contributed by atoms with Gasteiger partial charge in [-0.1, -0.05) is 13.0 Å². The number of hydrogen-bond acceptors (Lipinski definition) is 5. The van der Waals surface area contributed by atoms with Crippen molar-refractivity contribution in [3.8, 4) is 0 Å². The second kappa shape index (κ2) is 6.60. The molecule has 118 valence electrons. The molecule has 0 aliphatic carbocycles. The van der Waals surface area contributed by atoms with Gasteiger partial charge in [-0.05, 0) is 20.9 Å². The van der Waals surface area contributed by atoms with Crippen molar-refractivity contribution in [2.75, 3.05) is 7.05 Å². The number of ether oxygens (including phenoxy) is 2. The summed E-state index contributed by atoms with van der Waals surface area (Å²) in [5.74, 6) is -0.396. The molecule has 2 fully saturated rings. The van der Waals surface area contributed by atoms with E-state index >= 15 is 0 Å². The van der Waals surface area contributed by atoms with Crippen molar-refractivity contribution in [1.82, 2.24) is 4.90 Å². The minimum Gasteiger partial charge on any atom is -0.461 e. The molecular weight excluding hydrogens is 270 g/mol. The Bertz CT molecular complexity index is 446. The number of carbonyl (C=O) groups excluding carboxylic acids is 2. The molecule has 0 aromatic rings. The van der Waals surface area contributed by atoms with Gasteiger partial charge in [-0.3, -0.25) is 9.69 Å². The molecule has 0 radical (unpaired) electrons. The Morgan fingerprint density at radius 3 is 2.57 bits per heavy atom. The van der Waals surface area contributed by atoms with Gasteiger partial charge in [0.25, 0.3) is 0 Å². The van der Waals surface area contributed by atoms with Crippen LogP contribution in [-0.2, 0) is 19.1 Å². The van der Waals surface area contributed by atoms with Gasteiger partial charge in [0, 0.05) is 37.3 Å². The lowest BCUT2D eigenvalue weighted by Crippen LogP contribution is -2.46. The maximum absolute atomic E-state index is 11.9. The zero-order valence-electron chi connectivity index (χ0n) is 13.3. The number of esters is 2. The predicted molar refractivity (Wildman–Crippen MR) is 78.7 cm³/mol. The Balaban J connectivity index is 1.98. The van der Waals surface area contributed by atoms with E-state index in [0.29, 0.717) is 18.0 Å². The minimum atomic E-state index is -0.242. The van der Waals surface area contributed by atoms with Gasteiger partial charge in [-0.2, -0.15) is 0 Å². The van der Waals surface area contributed by atoms with Gasteiger partial charge in [-0.25, -0.2) is 4.79 Å². The highest BCUT2D eigenvalue weighted by molar-refractivity contribution is 5.87. The molecule has 4 unspecified atom stereocenters. The molecule has 5 heteroatoms. The van der Waals surface area contributed by atoms with E-state index in [1.54, 1.807) is 19.9 Å². The Morgan fingerprint density at radius 2 is 1.95 bits per heavy atom. The number of piperidine rings is 1. The molecule has 21 heavy (non-hydrogen) atoms. The molecule has 0 aromatic heterocycles. The highest BCUT2D eigenvalue weighted by atomic mass is 16.6. The van der Waals surface area contributed by atoms with Crippen molar-refractivity contribution >= 4 is 11.9 Å². The summed E-state index contributed by atoms with van der Waals surface area (Å²) in [6.07, 6.45) is 4.40. The van der Waals surface area contributed by atoms with Crippen LogP contribution in [-0.4, -0.2) is 48.2 Å². The zero-order valence-corrected chi connectivity index (χ0v) is 13.3. The number of carbonyl (C=O) groups is 2. The highest BCUT2D eigenvalue weighted by Gasteiger charge is 2.47. The number of allylic oxidation sites excluding steroid dienone is 1. The predicted octanol–water partition coefficient (Wildman–Crippen LogP) is 2.05. The number of likely N-dealkylation sites (N-methyl/N-ethyl adjacent to an activating group) is 1. The summed E-state index contributed by atoms with van der Waals surface area (Å²) in [5, 5.41) is 0. The van der Waals surface area contributed by atoms with Gasteiger partial charge >= 0.3 is 11.9 Å². The third-order valence-electron chi connectivity index (χ3n) is 4.67. The van der Waals surface area contributed by atoms with Crippen LogP contribution in [0.1, 0.15) is 46.5 Å². The monoisotopic (exact) mass is 295 g/mol. The van der Waals surface area contributed by atoms with Crippen LogP contribution in [0.2, 0.25) is 0 Å². The molecule has 2 saturated heterocycles. The van der Waals surface area contributed by atoms with Gasteiger partial charge in [0.2, 0.25) is 0 Å². The Kier molecular flexibility index (Phi) is 5.04. The quantitative estimate of drug-likeness (QED) is 0.587. The first-order valence-corrected chi connectivity index (χ1v) is 7.71. The lowest BCUT2D eigenvalue weighted by atomic mass is 10.00. The fourth-order valence-electron chi connectivity index (χ4n) is 3.21. The number of hydrogen-bond donors (Lipinski definition) is 0. The van der Waals surface area contributed by atoms with Gasteiger partial charge in [0.05, 0.1) is 6.04 Å². The summed E-state index contributed by atoms with van der Waals surface area (Å²) >= 11 is 0. The largest absolute Gasteiger partial charge is 0.461 e. The van der Waals surface area contributed by atoms with Gasteiger partial charge in [0.1, 0.15) is 12.2 Å². The fraction of sp³-hybridized carbons (Fsp3) is 0.750. The van der Waals surface area contributed by atoms with Crippen LogP contribution in [0.5, 0.6) is 0 Å². The third-order valence-corrected chi connectivity index (χ3v) is 4.67. The van der Waals surface area contributed by atoms with Crippen molar-refractivity contribution in [2.45, 2.75) is 70.7 Å². The van der Waals surface area contributed by atoms with E-state index in [9.17, 15) is 9.59 Å². The van der Waals surface area contributed by atoms with Crippen LogP contribution in [0.15, 0.2) is 11.6 Å². The second-order valence-electron chi connectivity index (χ2n) is 5.97. The van der Waals surface area contributed by atoms with Gasteiger partial charge in [-0.15, -0.1) is 0 Å². The lowest BCUT2D eigenvalue weighted by Gasteiger charge is -2.36. The van der Waals surface area contributed by atoms with E-state index in [2.05, 4.69) is 11.9 Å². The van der Waals surface area contributed by atoms with Crippen molar-refractivity contribution in [3.05, 3.63) is 11.6 Å². The SMILES string of the molecule is CC=C(C)C(=O)OC1CC2CC(OC(=O)CC)C(C1)N2C. The number of nitrogens with zero attached hydrogens (tertiary/aromatic N) is 1. The second-order valence-corrected chi connectivity index (χ2v) is 5.97. The Labute approximate surface area is 126 Å². The summed E-state index contributed by atoms with van der Waals surface area (Å²) in [4.78, 5) is 25.7. The zero-order chi connectivity index (χ0) is 15.6. The highest BCUT2D eigenvalue weighted by Crippen LogP contribution is 2.37. The van der Waals surface area contributed by atoms with Crippen molar-refractivity contribution in [1.29, 1.82) is 0 Å². The maximum atomic E-state index is 11.9. The Morgan fingerprint density at radius 1 is 1.24 bits per heavy atom. The van der Waals surface area contributed by atoms with Crippen molar-refractivity contribution in [3.63, 3.8) is 0 Å². The lowest BCUT2D eigenvalue weighted by molar-refractivity contribution is -0.153. The number of rotatable bonds is 4. The van der Waals surface area contributed by atoms with Crippen LogP contribution >= 0.6 is 0 Å². The van der Waals surface area contributed by atoms with Crippen molar-refractivity contribution in [2.24, 2.45) is 0 Å². The minimum absolute atomic E-state index is 0.0704. The molecule has 4 atom stereocenters. The van der Waals surface area contributed by atoms with E-state index in [0.717, 1.165) is 19.3 Å². The van der Waals surface area contributed by atoms with Gasteiger partial charge < -0.3 is 9.47 Å². The van der Waals surface area contributed by atoms with E-state index in [-0.39, 0.29) is 30.2 Å². The summed E-state index contributed by atoms with van der Waals surface area (Å²) in [6.45, 7) is 5.39. The normalized spacial score (nSPS) is 32.9. The van der Waals surface area contributed by atoms with E-state index in [1.807, 2.05) is 6.92 Å². The van der Waals surface area contributed by atoms with Gasteiger partial charge in [0.15, 0.2) is 0 Å².